The molecule has 4 aromatic rings. The maximum Gasteiger partial charge on any atom is 0.215 e. The normalized spacial score (nSPS) is 11.3. The number of imidazole rings is 1. The highest BCUT2D eigenvalue weighted by Crippen LogP contribution is 2.29. The lowest BCUT2D eigenvalue weighted by molar-refractivity contribution is 0.399. The minimum absolute atomic E-state index is 0.304. The van der Waals surface area contributed by atoms with Gasteiger partial charge in [0.2, 0.25) is 5.88 Å². The molecule has 0 atom stereocenters. The highest BCUT2D eigenvalue weighted by Gasteiger charge is 2.18. The Hall–Kier alpha value is -3.22. The van der Waals surface area contributed by atoms with Gasteiger partial charge in [-0.2, -0.15) is 4.98 Å². The highest BCUT2D eigenvalue weighted by atomic mass is 19.1. The number of hydrogen-bond donors (Lipinski definition) is 1. The zero-order valence-electron chi connectivity index (χ0n) is 13.1. The topological polar surface area (TPSA) is 78.3 Å². The Morgan fingerprint density at radius 2 is 1.79 bits per heavy atom. The van der Waals surface area contributed by atoms with Crippen LogP contribution in [0.25, 0.3) is 28.1 Å². The second-order valence-electron chi connectivity index (χ2n) is 5.41. The van der Waals surface area contributed by atoms with Gasteiger partial charge in [-0.1, -0.05) is 0 Å². The lowest BCUT2D eigenvalue weighted by Gasteiger charge is -2.08. The van der Waals surface area contributed by atoms with E-state index in [0.29, 0.717) is 34.2 Å². The van der Waals surface area contributed by atoms with Gasteiger partial charge >= 0.3 is 0 Å². The predicted molar refractivity (Wildman–Crippen MR) is 89.4 cm³/mol. The molecule has 0 radical (unpaired) electrons. The van der Waals surface area contributed by atoms with Gasteiger partial charge in [-0.25, -0.2) is 14.4 Å². The van der Waals surface area contributed by atoms with E-state index in [1.165, 1.54) is 12.1 Å². The Balaban J connectivity index is 2.16. The van der Waals surface area contributed by atoms with Crippen LogP contribution in [0, 0.1) is 12.7 Å². The first-order valence-electron chi connectivity index (χ1n) is 7.33. The van der Waals surface area contributed by atoms with Crippen molar-refractivity contribution in [3.63, 3.8) is 0 Å². The average molecular weight is 323 g/mol. The van der Waals surface area contributed by atoms with E-state index in [1.807, 2.05) is 11.3 Å². The molecule has 0 unspecified atom stereocenters. The van der Waals surface area contributed by atoms with Crippen LogP contribution in [0.2, 0.25) is 0 Å². The van der Waals surface area contributed by atoms with Crippen LogP contribution in [0.4, 0.5) is 10.2 Å². The summed E-state index contributed by atoms with van der Waals surface area (Å²) in [4.78, 5) is 13.5. The lowest BCUT2D eigenvalue weighted by Crippen LogP contribution is -2.02. The molecule has 120 valence electrons. The molecule has 1 aromatic carbocycles. The van der Waals surface area contributed by atoms with E-state index in [1.54, 1.807) is 31.4 Å². The molecule has 3 aromatic heterocycles. The number of aryl methyl sites for hydroxylation is 1. The second-order valence-corrected chi connectivity index (χ2v) is 5.41. The van der Waals surface area contributed by atoms with Gasteiger partial charge in [-0.05, 0) is 37.3 Å². The fourth-order valence-electron chi connectivity index (χ4n) is 2.80. The molecule has 0 aliphatic carbocycles. The molecule has 0 fully saturated rings. The number of rotatable bonds is 2. The Bertz CT molecular complexity index is 1070. The lowest BCUT2D eigenvalue weighted by atomic mass is 10.2. The third kappa shape index (κ3) is 2.05. The van der Waals surface area contributed by atoms with E-state index < -0.39 is 0 Å². The number of fused-ring (bicyclic) bond motifs is 3. The van der Waals surface area contributed by atoms with Crippen LogP contribution in [-0.4, -0.2) is 26.5 Å². The van der Waals surface area contributed by atoms with Gasteiger partial charge in [0.25, 0.3) is 0 Å². The van der Waals surface area contributed by atoms with Crippen LogP contribution in [0.5, 0.6) is 5.88 Å². The predicted octanol–water partition coefficient (Wildman–Crippen LogP) is 2.98. The Kier molecular flexibility index (Phi) is 3.09. The molecule has 0 saturated carbocycles. The van der Waals surface area contributed by atoms with Crippen LogP contribution < -0.4 is 10.5 Å². The minimum Gasteiger partial charge on any atom is -0.481 e. The molecule has 4 rings (SSSR count). The third-order valence-electron chi connectivity index (χ3n) is 3.89. The first-order valence-corrected chi connectivity index (χ1v) is 7.33. The summed E-state index contributed by atoms with van der Waals surface area (Å²) >= 11 is 0. The van der Waals surface area contributed by atoms with E-state index in [9.17, 15) is 4.39 Å². The molecule has 2 N–H and O–H groups in total. The number of aromatic nitrogens is 4. The van der Waals surface area contributed by atoms with Crippen molar-refractivity contribution in [3.05, 3.63) is 47.9 Å². The molecule has 0 saturated heterocycles. The van der Waals surface area contributed by atoms with Gasteiger partial charge in [0, 0.05) is 11.6 Å². The van der Waals surface area contributed by atoms with Crippen LogP contribution in [-0.2, 0) is 0 Å². The molecule has 0 aliphatic rings. The smallest absolute Gasteiger partial charge is 0.215 e. The Labute approximate surface area is 136 Å². The van der Waals surface area contributed by atoms with Crippen molar-refractivity contribution in [1.82, 2.24) is 19.4 Å². The van der Waals surface area contributed by atoms with Crippen LogP contribution in [0.3, 0.4) is 0 Å². The van der Waals surface area contributed by atoms with Gasteiger partial charge in [0.15, 0.2) is 11.5 Å². The van der Waals surface area contributed by atoms with Gasteiger partial charge < -0.3 is 10.5 Å². The minimum atomic E-state index is -0.304. The number of ether oxygens (including phenoxy) is 1. The molecule has 7 heteroatoms. The summed E-state index contributed by atoms with van der Waals surface area (Å²) in [6, 6.07) is 9.65. The molecule has 24 heavy (non-hydrogen) atoms. The highest BCUT2D eigenvalue weighted by molar-refractivity contribution is 5.85. The number of hydrogen-bond acceptors (Lipinski definition) is 5. The van der Waals surface area contributed by atoms with Gasteiger partial charge in [0.1, 0.15) is 22.7 Å². The number of nitrogens with two attached hydrogens (primary N) is 1. The standard InChI is InChI=1S/C17H14FN5O/c1-9-14-15(19)21-12-7-8-13(24-2)22-17(12)23(14)16(20-9)10-3-5-11(18)6-4-10/h3-8H,1-2H3,(H2,19,21). The third-order valence-corrected chi connectivity index (χ3v) is 3.89. The second kappa shape index (κ2) is 5.16. The zero-order valence-corrected chi connectivity index (χ0v) is 13.1. The van der Waals surface area contributed by atoms with Crippen molar-refractivity contribution in [2.75, 3.05) is 12.8 Å². The SMILES string of the molecule is COc1ccc2nc(N)c3c(C)nc(-c4ccc(F)cc4)n3c2n1. The molecular weight excluding hydrogens is 309 g/mol. The molecule has 0 bridgehead atoms. The molecule has 0 amide bonds. The maximum absolute atomic E-state index is 13.3. The van der Waals surface area contributed by atoms with Crippen molar-refractivity contribution < 1.29 is 9.13 Å². The van der Waals surface area contributed by atoms with Gasteiger partial charge in [-0.15, -0.1) is 0 Å². The maximum atomic E-state index is 13.3. The number of nitrogen functional groups attached to an aromatic ring is 1. The van der Waals surface area contributed by atoms with E-state index in [-0.39, 0.29) is 5.82 Å². The van der Waals surface area contributed by atoms with Crippen molar-refractivity contribution in [3.8, 4) is 17.3 Å². The van der Waals surface area contributed by atoms with E-state index in [0.717, 1.165) is 11.3 Å². The first kappa shape index (κ1) is 14.4. The summed E-state index contributed by atoms with van der Waals surface area (Å²) in [6.07, 6.45) is 0. The fourth-order valence-corrected chi connectivity index (χ4v) is 2.80. The van der Waals surface area contributed by atoms with Crippen LogP contribution >= 0.6 is 0 Å². The summed E-state index contributed by atoms with van der Waals surface area (Å²) in [5.74, 6) is 1.16. The quantitative estimate of drug-likeness (QED) is 0.613. The van der Waals surface area contributed by atoms with Crippen molar-refractivity contribution in [2.45, 2.75) is 6.92 Å². The Morgan fingerprint density at radius 1 is 1.04 bits per heavy atom. The summed E-state index contributed by atoms with van der Waals surface area (Å²) in [5.41, 5.74) is 9.50. The summed E-state index contributed by atoms with van der Waals surface area (Å²) < 4.78 is 20.3. The van der Waals surface area contributed by atoms with Crippen LogP contribution in [0.1, 0.15) is 5.69 Å². The van der Waals surface area contributed by atoms with Crippen molar-refractivity contribution in [2.24, 2.45) is 0 Å². The summed E-state index contributed by atoms with van der Waals surface area (Å²) in [6.45, 7) is 1.85. The van der Waals surface area contributed by atoms with E-state index in [2.05, 4.69) is 15.0 Å². The fraction of sp³-hybridized carbons (Fsp3) is 0.118. The summed E-state index contributed by atoms with van der Waals surface area (Å²) in [7, 11) is 1.55. The number of methoxy groups -OCH3 is 1. The molecule has 0 aliphatic heterocycles. The molecule has 3 heterocycles. The van der Waals surface area contributed by atoms with Crippen LogP contribution in [0.15, 0.2) is 36.4 Å². The summed E-state index contributed by atoms with van der Waals surface area (Å²) in [5, 5.41) is 0. The number of pyridine rings is 1. The molecular formula is C17H14FN5O. The van der Waals surface area contributed by atoms with E-state index in [4.69, 9.17) is 10.5 Å². The average Bonchev–Trinajstić information content (AvgIpc) is 2.94. The number of nitrogens with zero attached hydrogens (tertiary/aromatic N) is 4. The first-order chi connectivity index (χ1) is 11.6. The number of anilines is 1. The van der Waals surface area contributed by atoms with Crippen molar-refractivity contribution >= 4 is 22.5 Å². The largest absolute Gasteiger partial charge is 0.481 e. The number of halogens is 1. The zero-order chi connectivity index (χ0) is 16.8. The van der Waals surface area contributed by atoms with E-state index >= 15 is 0 Å². The monoisotopic (exact) mass is 323 g/mol. The van der Waals surface area contributed by atoms with Crippen molar-refractivity contribution in [1.29, 1.82) is 0 Å². The Morgan fingerprint density at radius 3 is 2.50 bits per heavy atom. The van der Waals surface area contributed by atoms with Gasteiger partial charge in [-0.3, -0.25) is 4.40 Å². The van der Waals surface area contributed by atoms with Gasteiger partial charge in [0.05, 0.1) is 12.8 Å². The molecule has 6 nitrogen and oxygen atoms in total. The molecule has 0 spiro atoms. The number of benzene rings is 1.